The maximum absolute atomic E-state index is 13.0. The lowest BCUT2D eigenvalue weighted by Crippen LogP contribution is -2.42. The fourth-order valence-electron chi connectivity index (χ4n) is 4.69. The summed E-state index contributed by atoms with van der Waals surface area (Å²) in [7, 11) is -3.75. The minimum Gasteiger partial charge on any atom is -0.445 e. The Labute approximate surface area is 251 Å². The molecule has 6 rings (SSSR count). The van der Waals surface area contributed by atoms with Gasteiger partial charge < -0.3 is 19.7 Å². The molecular weight excluding hydrogens is 598 g/mol. The number of thiophene rings is 1. The summed E-state index contributed by atoms with van der Waals surface area (Å²) in [6.07, 6.45) is 1.52. The highest BCUT2D eigenvalue weighted by Gasteiger charge is 2.28. The molecule has 216 valence electrons. The van der Waals surface area contributed by atoms with E-state index in [-0.39, 0.29) is 33.1 Å². The van der Waals surface area contributed by atoms with E-state index in [4.69, 9.17) is 21.1 Å². The molecular formula is C29H26ClN5O5S2. The van der Waals surface area contributed by atoms with Crippen LogP contribution in [0.25, 0.3) is 10.2 Å². The Morgan fingerprint density at radius 3 is 2.74 bits per heavy atom. The van der Waals surface area contributed by atoms with Gasteiger partial charge in [-0.1, -0.05) is 41.6 Å². The molecule has 0 unspecified atom stereocenters. The normalized spacial score (nSPS) is 18.8. The maximum atomic E-state index is 13.0. The molecule has 0 saturated carbocycles. The molecule has 2 N–H and O–H groups in total. The first-order valence-electron chi connectivity index (χ1n) is 13.3. The zero-order valence-electron chi connectivity index (χ0n) is 22.2. The van der Waals surface area contributed by atoms with Gasteiger partial charge >= 0.3 is 6.09 Å². The predicted octanol–water partition coefficient (Wildman–Crippen LogP) is 4.47. The molecule has 42 heavy (non-hydrogen) atoms. The Balaban J connectivity index is 1.13. The highest BCUT2D eigenvalue weighted by atomic mass is 35.5. The minimum atomic E-state index is -3.75. The molecule has 0 radical (unpaired) electrons. The van der Waals surface area contributed by atoms with E-state index in [0.717, 1.165) is 15.1 Å². The van der Waals surface area contributed by atoms with E-state index < -0.39 is 9.84 Å². The van der Waals surface area contributed by atoms with Gasteiger partial charge in [0.15, 0.2) is 5.82 Å². The van der Waals surface area contributed by atoms with Crippen molar-refractivity contribution in [3.63, 3.8) is 0 Å². The van der Waals surface area contributed by atoms with Gasteiger partial charge in [0, 0.05) is 31.7 Å². The second-order valence-electron chi connectivity index (χ2n) is 9.71. The SMILES string of the molecule is O=C(O[C@H]1CN[C@H](C#Cc2cc3ncnc(Nc4ccc(S(=O)(=O)c5ccccc5)c(Cl)c4)c3s2)C1)N1CCOCC1. The van der Waals surface area contributed by atoms with Gasteiger partial charge in [-0.05, 0) is 36.4 Å². The molecule has 2 saturated heterocycles. The van der Waals surface area contributed by atoms with Crippen LogP contribution in [-0.2, 0) is 19.3 Å². The summed E-state index contributed by atoms with van der Waals surface area (Å²) < 4.78 is 37.8. The predicted molar refractivity (Wildman–Crippen MR) is 160 cm³/mol. The van der Waals surface area contributed by atoms with E-state index in [9.17, 15) is 13.2 Å². The van der Waals surface area contributed by atoms with Crippen molar-refractivity contribution < 1.29 is 22.7 Å². The van der Waals surface area contributed by atoms with Crippen molar-refractivity contribution >= 4 is 60.6 Å². The number of halogens is 1. The summed E-state index contributed by atoms with van der Waals surface area (Å²) in [5.41, 5.74) is 1.31. The summed E-state index contributed by atoms with van der Waals surface area (Å²) >= 11 is 7.87. The van der Waals surface area contributed by atoms with Crippen molar-refractivity contribution in [2.24, 2.45) is 0 Å². The molecule has 10 nitrogen and oxygen atoms in total. The van der Waals surface area contributed by atoms with Crippen molar-refractivity contribution in [2.45, 2.75) is 28.4 Å². The van der Waals surface area contributed by atoms with Crippen molar-refractivity contribution in [2.75, 3.05) is 38.2 Å². The summed E-state index contributed by atoms with van der Waals surface area (Å²) in [4.78, 5) is 23.8. The molecule has 2 aromatic carbocycles. The standard InChI is InChI=1S/C29H26ClN5O5S2/c30-24-15-20(7-9-26(24)42(37,38)23-4-2-1-3-5-23)34-28-27-25(32-18-33-28)16-22(41-27)8-6-19-14-21(17-31-19)40-29(36)35-10-12-39-13-11-35/h1-5,7,9,15-16,18-19,21,31H,10-14,17H2,(H,32,33,34)/t19-,21-/m1/s1. The summed E-state index contributed by atoms with van der Waals surface area (Å²) in [6, 6.07) is 14.7. The topological polar surface area (TPSA) is 123 Å². The number of benzene rings is 2. The van der Waals surface area contributed by atoms with Gasteiger partial charge in [0.2, 0.25) is 9.84 Å². The Morgan fingerprint density at radius 1 is 1.14 bits per heavy atom. The van der Waals surface area contributed by atoms with E-state index in [1.54, 1.807) is 35.2 Å². The first-order valence-corrected chi connectivity index (χ1v) is 15.9. The number of morpholine rings is 1. The molecule has 2 aromatic heterocycles. The highest BCUT2D eigenvalue weighted by Crippen LogP contribution is 2.34. The largest absolute Gasteiger partial charge is 0.445 e. The zero-order chi connectivity index (χ0) is 29.1. The number of carbonyl (C=O) groups is 1. The second kappa shape index (κ2) is 12.2. The summed E-state index contributed by atoms with van der Waals surface area (Å²) in [5, 5.41) is 6.64. The molecule has 2 aliphatic heterocycles. The number of nitrogens with one attached hydrogen (secondary N) is 2. The lowest BCUT2D eigenvalue weighted by molar-refractivity contribution is 0.0156. The Morgan fingerprint density at radius 2 is 1.95 bits per heavy atom. The van der Waals surface area contributed by atoms with Crippen LogP contribution in [0.5, 0.6) is 0 Å². The van der Waals surface area contributed by atoms with Gasteiger partial charge in [-0.15, -0.1) is 11.3 Å². The van der Waals surface area contributed by atoms with Crippen molar-refractivity contribution in [1.29, 1.82) is 0 Å². The Hall–Kier alpha value is -3.73. The monoisotopic (exact) mass is 623 g/mol. The molecule has 4 heterocycles. The number of sulfone groups is 1. The van der Waals surface area contributed by atoms with Crippen LogP contribution in [-0.4, -0.2) is 74.4 Å². The molecule has 2 fully saturated rings. The minimum absolute atomic E-state index is 0.0288. The van der Waals surface area contributed by atoms with Crippen molar-refractivity contribution in [3.8, 4) is 11.8 Å². The van der Waals surface area contributed by atoms with Gasteiger partial charge in [0.25, 0.3) is 0 Å². The van der Waals surface area contributed by atoms with E-state index in [1.807, 2.05) is 6.07 Å². The first-order chi connectivity index (χ1) is 20.4. The van der Waals surface area contributed by atoms with Gasteiger partial charge in [-0.3, -0.25) is 5.32 Å². The van der Waals surface area contributed by atoms with Crippen LogP contribution in [0, 0.1) is 11.8 Å². The van der Waals surface area contributed by atoms with Crippen molar-refractivity contribution in [1.82, 2.24) is 20.2 Å². The van der Waals surface area contributed by atoms with Crippen LogP contribution in [0.2, 0.25) is 5.02 Å². The molecule has 2 atom stereocenters. The molecule has 1 amide bonds. The van der Waals surface area contributed by atoms with Gasteiger partial charge in [0.1, 0.15) is 12.4 Å². The number of ether oxygens (including phenoxy) is 2. The van der Waals surface area contributed by atoms with E-state index in [1.165, 1.54) is 35.9 Å². The maximum Gasteiger partial charge on any atom is 0.410 e. The number of hydrogen-bond acceptors (Lipinski definition) is 10. The smallest absolute Gasteiger partial charge is 0.410 e. The number of carbonyl (C=O) groups excluding carboxylic acids is 1. The number of nitrogens with zero attached hydrogens (tertiary/aromatic N) is 3. The van der Waals surface area contributed by atoms with E-state index in [2.05, 4.69) is 32.4 Å². The van der Waals surface area contributed by atoms with E-state index >= 15 is 0 Å². The quantitative estimate of drug-likeness (QED) is 0.310. The number of fused-ring (bicyclic) bond motifs is 1. The third-order valence-corrected chi connectivity index (χ3v) is 10.1. The summed E-state index contributed by atoms with van der Waals surface area (Å²) in [6.45, 7) is 2.70. The van der Waals surface area contributed by atoms with Crippen LogP contribution < -0.4 is 10.6 Å². The number of aromatic nitrogens is 2. The first kappa shape index (κ1) is 28.4. The summed E-state index contributed by atoms with van der Waals surface area (Å²) in [5.74, 6) is 7.00. The number of amides is 1. The Bertz CT molecular complexity index is 1780. The Kier molecular flexibility index (Phi) is 8.28. The zero-order valence-corrected chi connectivity index (χ0v) is 24.6. The van der Waals surface area contributed by atoms with Crippen LogP contribution in [0.4, 0.5) is 16.3 Å². The fraction of sp³-hybridized carbons (Fsp3) is 0.276. The number of hydrogen-bond donors (Lipinski definition) is 2. The van der Waals surface area contributed by atoms with Crippen LogP contribution in [0.15, 0.2) is 70.7 Å². The lowest BCUT2D eigenvalue weighted by atomic mass is 10.2. The van der Waals surface area contributed by atoms with Gasteiger partial charge in [0.05, 0.1) is 49.2 Å². The average molecular weight is 624 g/mol. The highest BCUT2D eigenvalue weighted by molar-refractivity contribution is 7.91. The van der Waals surface area contributed by atoms with E-state index in [0.29, 0.717) is 50.8 Å². The fourth-order valence-corrected chi connectivity index (χ4v) is 7.42. The number of rotatable bonds is 5. The van der Waals surface area contributed by atoms with Crippen molar-refractivity contribution in [3.05, 3.63) is 70.8 Å². The van der Waals surface area contributed by atoms with Crippen LogP contribution in [0.3, 0.4) is 0 Å². The molecule has 0 aliphatic carbocycles. The molecule has 2 aliphatic rings. The van der Waals surface area contributed by atoms with Crippen LogP contribution >= 0.6 is 22.9 Å². The van der Waals surface area contributed by atoms with Gasteiger partial charge in [-0.2, -0.15) is 0 Å². The number of anilines is 2. The van der Waals surface area contributed by atoms with Gasteiger partial charge in [-0.25, -0.2) is 23.2 Å². The van der Waals surface area contributed by atoms with Crippen LogP contribution in [0.1, 0.15) is 11.3 Å². The lowest BCUT2D eigenvalue weighted by Gasteiger charge is -2.27. The molecule has 0 spiro atoms. The molecule has 13 heteroatoms. The molecule has 0 bridgehead atoms. The third kappa shape index (κ3) is 6.21. The third-order valence-electron chi connectivity index (χ3n) is 6.85. The second-order valence-corrected chi connectivity index (χ2v) is 13.1. The molecule has 4 aromatic rings. The average Bonchev–Trinajstić information content (AvgIpc) is 3.64.